The lowest BCUT2D eigenvalue weighted by atomic mass is 10.1. The molecular formula is C17H16N4OS. The van der Waals surface area contributed by atoms with Gasteiger partial charge in [0, 0.05) is 37.0 Å². The Hall–Kier alpha value is -2.47. The maximum Gasteiger partial charge on any atom is 0.264 e. The molecule has 4 rings (SSSR count). The van der Waals surface area contributed by atoms with E-state index in [-0.39, 0.29) is 5.91 Å². The van der Waals surface area contributed by atoms with Gasteiger partial charge in [-0.3, -0.25) is 4.79 Å². The van der Waals surface area contributed by atoms with E-state index < -0.39 is 0 Å². The summed E-state index contributed by atoms with van der Waals surface area (Å²) in [6.45, 7) is 2.98. The monoisotopic (exact) mass is 324 g/mol. The molecule has 1 aliphatic heterocycles. The first-order valence-electron chi connectivity index (χ1n) is 7.61. The zero-order chi connectivity index (χ0) is 15.6. The molecule has 1 aromatic carbocycles. The van der Waals surface area contributed by atoms with Crippen molar-refractivity contribution < 1.29 is 4.79 Å². The topological polar surface area (TPSA) is 49.3 Å². The fraction of sp³-hybridized carbons (Fsp3) is 0.235. The molecule has 0 aliphatic carbocycles. The highest BCUT2D eigenvalue weighted by Gasteiger charge is 2.24. The summed E-state index contributed by atoms with van der Waals surface area (Å²) in [7, 11) is 0. The Labute approximate surface area is 138 Å². The van der Waals surface area contributed by atoms with Gasteiger partial charge in [-0.15, -0.1) is 16.4 Å². The summed E-state index contributed by atoms with van der Waals surface area (Å²) in [6.07, 6.45) is 1.79. The molecule has 116 valence electrons. The number of anilines is 1. The summed E-state index contributed by atoms with van der Waals surface area (Å²) in [5, 5.41) is 12.6. The van der Waals surface area contributed by atoms with Gasteiger partial charge in [-0.25, -0.2) is 0 Å². The molecule has 1 fully saturated rings. The molecule has 23 heavy (non-hydrogen) atoms. The number of aromatic nitrogens is 2. The minimum absolute atomic E-state index is 0.128. The summed E-state index contributed by atoms with van der Waals surface area (Å²) >= 11 is 1.50. The Bertz CT molecular complexity index is 820. The van der Waals surface area contributed by atoms with Gasteiger partial charge in [0.15, 0.2) is 5.82 Å². The van der Waals surface area contributed by atoms with Crippen molar-refractivity contribution in [1.82, 2.24) is 15.1 Å². The van der Waals surface area contributed by atoms with E-state index in [4.69, 9.17) is 0 Å². The SMILES string of the molecule is O=C(c1cccs1)N1CCN(c2nncc3ccccc23)CC1. The number of amides is 1. The second-order valence-electron chi connectivity index (χ2n) is 5.51. The van der Waals surface area contributed by atoms with E-state index in [1.165, 1.54) is 11.3 Å². The number of hydrogen-bond donors (Lipinski definition) is 0. The van der Waals surface area contributed by atoms with E-state index >= 15 is 0 Å². The van der Waals surface area contributed by atoms with Crippen molar-refractivity contribution in [3.63, 3.8) is 0 Å². The number of carbonyl (C=O) groups is 1. The van der Waals surface area contributed by atoms with Crippen LogP contribution in [-0.4, -0.2) is 47.2 Å². The molecule has 3 heterocycles. The van der Waals surface area contributed by atoms with Gasteiger partial charge in [-0.1, -0.05) is 30.3 Å². The fourth-order valence-electron chi connectivity index (χ4n) is 2.92. The van der Waals surface area contributed by atoms with Crippen LogP contribution < -0.4 is 4.90 Å². The van der Waals surface area contributed by atoms with Gasteiger partial charge in [0.1, 0.15) is 0 Å². The summed E-state index contributed by atoms with van der Waals surface area (Å²) in [6, 6.07) is 11.9. The number of rotatable bonds is 2. The number of fused-ring (bicyclic) bond motifs is 1. The third-order valence-corrected chi connectivity index (χ3v) is 5.01. The molecule has 0 N–H and O–H groups in total. The maximum absolute atomic E-state index is 12.4. The predicted molar refractivity (Wildman–Crippen MR) is 92.0 cm³/mol. The molecular weight excluding hydrogens is 308 g/mol. The van der Waals surface area contributed by atoms with Gasteiger partial charge in [-0.05, 0) is 11.4 Å². The molecule has 1 saturated heterocycles. The van der Waals surface area contributed by atoms with E-state index in [9.17, 15) is 4.79 Å². The first kappa shape index (κ1) is 14.1. The zero-order valence-electron chi connectivity index (χ0n) is 12.6. The molecule has 1 aliphatic rings. The number of piperazine rings is 1. The molecule has 2 aromatic heterocycles. The molecule has 5 nitrogen and oxygen atoms in total. The van der Waals surface area contributed by atoms with Crippen LogP contribution >= 0.6 is 11.3 Å². The van der Waals surface area contributed by atoms with Crippen LogP contribution in [0.15, 0.2) is 48.0 Å². The average molecular weight is 324 g/mol. The van der Waals surface area contributed by atoms with Crippen molar-refractivity contribution in [3.05, 3.63) is 52.9 Å². The van der Waals surface area contributed by atoms with Crippen LogP contribution in [0.5, 0.6) is 0 Å². The highest BCUT2D eigenvalue weighted by molar-refractivity contribution is 7.12. The van der Waals surface area contributed by atoms with E-state index in [0.717, 1.165) is 34.6 Å². The van der Waals surface area contributed by atoms with E-state index in [0.29, 0.717) is 13.1 Å². The van der Waals surface area contributed by atoms with Crippen LogP contribution in [0, 0.1) is 0 Å². The van der Waals surface area contributed by atoms with Gasteiger partial charge in [0.25, 0.3) is 5.91 Å². The standard InChI is InChI=1S/C17H16N4OS/c22-17(15-6-3-11-23-15)21-9-7-20(8-10-21)16-14-5-2-1-4-13(14)12-18-19-16/h1-6,11-12H,7-10H2. The minimum atomic E-state index is 0.128. The van der Waals surface area contributed by atoms with Crippen LogP contribution in [0.4, 0.5) is 5.82 Å². The molecule has 0 unspecified atom stereocenters. The maximum atomic E-state index is 12.4. The van der Waals surface area contributed by atoms with E-state index in [2.05, 4.69) is 21.2 Å². The van der Waals surface area contributed by atoms with Gasteiger partial charge >= 0.3 is 0 Å². The summed E-state index contributed by atoms with van der Waals surface area (Å²) in [4.78, 5) is 17.3. The summed E-state index contributed by atoms with van der Waals surface area (Å²) < 4.78 is 0. The second kappa shape index (κ2) is 5.96. The Balaban J connectivity index is 1.52. The van der Waals surface area contributed by atoms with Crippen LogP contribution in [0.1, 0.15) is 9.67 Å². The van der Waals surface area contributed by atoms with E-state index in [1.54, 1.807) is 6.20 Å². The molecule has 0 radical (unpaired) electrons. The molecule has 0 atom stereocenters. The normalized spacial score (nSPS) is 15.1. The lowest BCUT2D eigenvalue weighted by molar-refractivity contribution is 0.0751. The largest absolute Gasteiger partial charge is 0.351 e. The molecule has 3 aromatic rings. The van der Waals surface area contributed by atoms with Gasteiger partial charge in [0.05, 0.1) is 11.1 Å². The quantitative estimate of drug-likeness (QED) is 0.727. The van der Waals surface area contributed by atoms with Crippen LogP contribution in [-0.2, 0) is 0 Å². The van der Waals surface area contributed by atoms with Crippen molar-refractivity contribution in [3.8, 4) is 0 Å². The Kier molecular flexibility index (Phi) is 3.67. The van der Waals surface area contributed by atoms with Crippen molar-refractivity contribution >= 4 is 33.8 Å². The first-order valence-corrected chi connectivity index (χ1v) is 8.49. The van der Waals surface area contributed by atoms with Crippen molar-refractivity contribution in [2.24, 2.45) is 0 Å². The molecule has 0 saturated carbocycles. The number of nitrogens with zero attached hydrogens (tertiary/aromatic N) is 4. The second-order valence-corrected chi connectivity index (χ2v) is 6.46. The minimum Gasteiger partial charge on any atom is -0.351 e. The number of thiophene rings is 1. The summed E-state index contributed by atoms with van der Waals surface area (Å²) in [5.41, 5.74) is 0. The highest BCUT2D eigenvalue weighted by atomic mass is 32.1. The number of carbonyl (C=O) groups excluding carboxylic acids is 1. The average Bonchev–Trinajstić information content (AvgIpc) is 3.15. The predicted octanol–water partition coefficient (Wildman–Crippen LogP) is 2.65. The lowest BCUT2D eigenvalue weighted by Gasteiger charge is -2.35. The lowest BCUT2D eigenvalue weighted by Crippen LogP contribution is -2.49. The Morgan fingerprint density at radius 3 is 2.65 bits per heavy atom. The van der Waals surface area contributed by atoms with Crippen LogP contribution in [0.2, 0.25) is 0 Å². The number of hydrogen-bond acceptors (Lipinski definition) is 5. The molecule has 1 amide bonds. The zero-order valence-corrected chi connectivity index (χ0v) is 13.4. The van der Waals surface area contributed by atoms with Gasteiger partial charge in [-0.2, -0.15) is 5.10 Å². The summed E-state index contributed by atoms with van der Waals surface area (Å²) in [5.74, 6) is 1.04. The molecule has 6 heteroatoms. The third-order valence-electron chi connectivity index (χ3n) is 4.15. The van der Waals surface area contributed by atoms with Crippen molar-refractivity contribution in [1.29, 1.82) is 0 Å². The number of benzene rings is 1. The molecule has 0 bridgehead atoms. The Morgan fingerprint density at radius 1 is 1.04 bits per heavy atom. The van der Waals surface area contributed by atoms with Gasteiger partial charge in [0.2, 0.25) is 0 Å². The highest BCUT2D eigenvalue weighted by Crippen LogP contribution is 2.24. The van der Waals surface area contributed by atoms with E-state index in [1.807, 2.05) is 40.6 Å². The fourth-order valence-corrected chi connectivity index (χ4v) is 3.61. The van der Waals surface area contributed by atoms with Crippen LogP contribution in [0.3, 0.4) is 0 Å². The molecule has 0 spiro atoms. The smallest absolute Gasteiger partial charge is 0.264 e. The Morgan fingerprint density at radius 2 is 1.87 bits per heavy atom. The van der Waals surface area contributed by atoms with Crippen molar-refractivity contribution in [2.45, 2.75) is 0 Å². The first-order chi connectivity index (χ1) is 11.3. The van der Waals surface area contributed by atoms with Crippen molar-refractivity contribution in [2.75, 3.05) is 31.1 Å². The van der Waals surface area contributed by atoms with Crippen LogP contribution in [0.25, 0.3) is 10.8 Å². The van der Waals surface area contributed by atoms with Gasteiger partial charge < -0.3 is 9.80 Å². The third kappa shape index (κ3) is 2.66.